The molecule has 0 atom stereocenters. The van der Waals surface area contributed by atoms with Crippen molar-refractivity contribution >= 4 is 12.6 Å². The molecule has 0 saturated heterocycles. The summed E-state index contributed by atoms with van der Waals surface area (Å²) in [5.41, 5.74) is 0. The van der Waals surface area contributed by atoms with Gasteiger partial charge in [0.1, 0.15) is 6.26 Å². The van der Waals surface area contributed by atoms with Crippen LogP contribution in [0.25, 0.3) is 0 Å². The molecule has 4 heteroatoms. The van der Waals surface area contributed by atoms with E-state index >= 15 is 0 Å². The van der Waals surface area contributed by atoms with Crippen LogP contribution in [-0.4, -0.2) is 5.16 Å². The standard InChI is InChI=1S/C3H3NOS.Ag/c6-3-1-2-5-4-3;/h1-2H,(H,4,6);/q;+1/p-1. The van der Waals surface area contributed by atoms with Crippen LogP contribution < -0.4 is 0 Å². The third kappa shape index (κ3) is 2.09. The summed E-state index contributed by atoms with van der Waals surface area (Å²) < 4.78 is 4.36. The molecule has 0 fully saturated rings. The van der Waals surface area contributed by atoms with Crippen molar-refractivity contribution in [3.8, 4) is 0 Å². The fourth-order valence-electron chi connectivity index (χ4n) is 0.201. The zero-order chi connectivity index (χ0) is 4.41. The maximum Gasteiger partial charge on any atom is 1.00 e. The molecule has 0 saturated carbocycles. The van der Waals surface area contributed by atoms with Crippen LogP contribution in [-0.2, 0) is 35.0 Å². The first-order chi connectivity index (χ1) is 2.89. The first kappa shape index (κ1) is 7.17. The van der Waals surface area contributed by atoms with Crippen molar-refractivity contribution in [3.05, 3.63) is 12.3 Å². The molecule has 0 aliphatic heterocycles. The van der Waals surface area contributed by atoms with Crippen LogP contribution in [0.1, 0.15) is 0 Å². The average molecular weight is 208 g/mol. The minimum atomic E-state index is 0. The minimum absolute atomic E-state index is 0. The predicted octanol–water partition coefficient (Wildman–Crippen LogP) is 0.578. The molecule has 0 aliphatic rings. The molecule has 0 unspecified atom stereocenters. The number of nitrogens with zero attached hydrogens (tertiary/aromatic N) is 1. The SMILES string of the molecule is [Ag+].[S-]c1ccon1. The summed E-state index contributed by atoms with van der Waals surface area (Å²) in [4.78, 5) is 0. The molecular weight excluding hydrogens is 206 g/mol. The van der Waals surface area contributed by atoms with Crippen LogP contribution in [0.15, 0.2) is 21.9 Å². The maximum absolute atomic E-state index is 4.54. The Morgan fingerprint density at radius 3 is 2.57 bits per heavy atom. The molecule has 1 aromatic rings. The fourth-order valence-corrected chi connectivity index (χ4v) is 0.300. The Balaban J connectivity index is 0.000000360. The zero-order valence-electron chi connectivity index (χ0n) is 3.22. The van der Waals surface area contributed by atoms with Gasteiger partial charge in [-0.15, -0.1) is 5.16 Å². The van der Waals surface area contributed by atoms with Gasteiger partial charge in [-0.2, -0.15) is 0 Å². The van der Waals surface area contributed by atoms with Gasteiger partial charge in [0.2, 0.25) is 0 Å². The Hall–Kier alpha value is 0.170. The van der Waals surface area contributed by atoms with E-state index in [2.05, 4.69) is 22.3 Å². The summed E-state index contributed by atoms with van der Waals surface area (Å²) >= 11 is 4.54. The molecule has 1 heterocycles. The summed E-state index contributed by atoms with van der Waals surface area (Å²) in [7, 11) is 0. The van der Waals surface area contributed by atoms with Crippen LogP contribution in [0.2, 0.25) is 0 Å². The van der Waals surface area contributed by atoms with Crippen molar-refractivity contribution in [2.24, 2.45) is 0 Å². The van der Waals surface area contributed by atoms with Gasteiger partial charge in [0.25, 0.3) is 0 Å². The minimum Gasteiger partial charge on any atom is -0.757 e. The molecule has 0 aliphatic carbocycles. The van der Waals surface area contributed by atoms with E-state index < -0.39 is 0 Å². The van der Waals surface area contributed by atoms with E-state index in [1.54, 1.807) is 6.07 Å². The van der Waals surface area contributed by atoms with Gasteiger partial charge in [0.15, 0.2) is 0 Å². The number of rotatable bonds is 0. The number of hydrogen-bond acceptors (Lipinski definition) is 3. The first-order valence-electron chi connectivity index (χ1n) is 1.47. The van der Waals surface area contributed by atoms with E-state index in [1.165, 1.54) is 6.26 Å². The average Bonchev–Trinajstić information content (AvgIpc) is 1.86. The number of hydrogen-bond donors (Lipinski definition) is 0. The van der Waals surface area contributed by atoms with E-state index in [1.807, 2.05) is 0 Å². The van der Waals surface area contributed by atoms with Crippen LogP contribution in [0, 0.1) is 0 Å². The van der Waals surface area contributed by atoms with Crippen molar-refractivity contribution in [1.29, 1.82) is 0 Å². The van der Waals surface area contributed by atoms with Crippen LogP contribution >= 0.6 is 0 Å². The molecule has 7 heavy (non-hydrogen) atoms. The van der Waals surface area contributed by atoms with Crippen molar-refractivity contribution in [2.45, 2.75) is 5.03 Å². The second-order valence-electron chi connectivity index (χ2n) is 0.838. The monoisotopic (exact) mass is 207 g/mol. The van der Waals surface area contributed by atoms with Gasteiger partial charge in [-0.3, -0.25) is 0 Å². The molecule has 42 valence electrons. The van der Waals surface area contributed by atoms with Gasteiger partial charge in [-0.25, -0.2) is 0 Å². The van der Waals surface area contributed by atoms with Crippen molar-refractivity contribution in [1.82, 2.24) is 5.16 Å². The molecular formula is C3H2AgNOS. The Labute approximate surface area is 62.2 Å². The van der Waals surface area contributed by atoms with Crippen LogP contribution in [0.5, 0.6) is 0 Å². The maximum atomic E-state index is 4.54. The molecule has 0 bridgehead atoms. The molecule has 1 aromatic heterocycles. The van der Waals surface area contributed by atoms with Crippen molar-refractivity contribution < 1.29 is 26.9 Å². The van der Waals surface area contributed by atoms with Gasteiger partial charge in [0.05, 0.1) is 0 Å². The Morgan fingerprint density at radius 2 is 2.43 bits per heavy atom. The Kier molecular flexibility index (Phi) is 3.29. The van der Waals surface area contributed by atoms with Crippen molar-refractivity contribution in [2.75, 3.05) is 0 Å². The van der Waals surface area contributed by atoms with Gasteiger partial charge in [0, 0.05) is 0 Å². The summed E-state index contributed by atoms with van der Waals surface area (Å²) in [5, 5.41) is 3.87. The molecule has 0 N–H and O–H groups in total. The Morgan fingerprint density at radius 1 is 1.71 bits per heavy atom. The summed E-state index contributed by atoms with van der Waals surface area (Å²) in [6.07, 6.45) is 1.45. The first-order valence-corrected chi connectivity index (χ1v) is 1.88. The molecule has 0 radical (unpaired) electrons. The van der Waals surface area contributed by atoms with Crippen molar-refractivity contribution in [3.63, 3.8) is 0 Å². The summed E-state index contributed by atoms with van der Waals surface area (Å²) in [6.45, 7) is 0. The Bertz CT molecular complexity index is 118. The van der Waals surface area contributed by atoms with E-state index in [-0.39, 0.29) is 22.4 Å². The third-order valence-electron chi connectivity index (χ3n) is 0.414. The van der Waals surface area contributed by atoms with Gasteiger partial charge >= 0.3 is 22.4 Å². The largest absolute Gasteiger partial charge is 1.00 e. The summed E-state index contributed by atoms with van der Waals surface area (Å²) in [6, 6.07) is 1.62. The molecule has 2 nitrogen and oxygen atoms in total. The van der Waals surface area contributed by atoms with Gasteiger partial charge in [-0.1, -0.05) is 0 Å². The second kappa shape index (κ2) is 3.21. The van der Waals surface area contributed by atoms with E-state index in [0.29, 0.717) is 5.03 Å². The molecule has 0 spiro atoms. The van der Waals surface area contributed by atoms with E-state index in [4.69, 9.17) is 0 Å². The summed E-state index contributed by atoms with van der Waals surface area (Å²) in [5.74, 6) is 0. The zero-order valence-corrected chi connectivity index (χ0v) is 5.52. The van der Waals surface area contributed by atoms with E-state index in [9.17, 15) is 0 Å². The molecule has 0 aromatic carbocycles. The molecule has 1 rings (SSSR count). The van der Waals surface area contributed by atoms with Gasteiger partial charge in [-0.05, 0) is 11.1 Å². The van der Waals surface area contributed by atoms with Crippen LogP contribution in [0.3, 0.4) is 0 Å². The van der Waals surface area contributed by atoms with E-state index in [0.717, 1.165) is 0 Å². The van der Waals surface area contributed by atoms with Crippen LogP contribution in [0.4, 0.5) is 0 Å². The fraction of sp³-hybridized carbons (Fsp3) is 0. The van der Waals surface area contributed by atoms with Gasteiger partial charge < -0.3 is 17.2 Å². The predicted molar refractivity (Wildman–Crippen MR) is 22.1 cm³/mol. The normalized spacial score (nSPS) is 7.43. The topological polar surface area (TPSA) is 26.0 Å². The number of aromatic nitrogens is 1. The third-order valence-corrected chi connectivity index (χ3v) is 0.625. The smallest absolute Gasteiger partial charge is 0.757 e. The quantitative estimate of drug-likeness (QED) is 0.460. The molecule has 0 amide bonds. The second-order valence-corrected chi connectivity index (χ2v) is 1.26.